The van der Waals surface area contributed by atoms with Crippen LogP contribution in [0.3, 0.4) is 0 Å². The monoisotopic (exact) mass is 389 g/mol. The van der Waals surface area contributed by atoms with Gasteiger partial charge in [-0.05, 0) is 68.1 Å². The highest BCUT2D eigenvalue weighted by atomic mass is 32.2. The van der Waals surface area contributed by atoms with E-state index in [1.807, 2.05) is 74.5 Å². The number of fused-ring (bicyclic) bond motifs is 1. The van der Waals surface area contributed by atoms with Crippen molar-refractivity contribution in [2.24, 2.45) is 0 Å². The van der Waals surface area contributed by atoms with Crippen LogP contribution in [0.15, 0.2) is 70.2 Å². The number of nitrogens with one attached hydrogen (secondary N) is 1. The van der Waals surface area contributed by atoms with E-state index < -0.39 is 0 Å². The van der Waals surface area contributed by atoms with Gasteiger partial charge in [-0.3, -0.25) is 4.79 Å². The van der Waals surface area contributed by atoms with Crippen LogP contribution in [0.2, 0.25) is 0 Å². The molecule has 2 aromatic carbocycles. The average Bonchev–Trinajstić information content (AvgIpc) is 2.68. The minimum atomic E-state index is -0.160. The number of aryl methyl sites for hydroxylation is 2. The zero-order valence-corrected chi connectivity index (χ0v) is 16.4. The van der Waals surface area contributed by atoms with E-state index in [-0.39, 0.29) is 12.5 Å². The Morgan fingerprint density at radius 2 is 1.75 bits per heavy atom. The lowest BCUT2D eigenvalue weighted by Gasteiger charge is -2.17. The molecule has 0 unspecified atom stereocenters. The standard InChI is InChI=1S/C22H19N3O2S/c1-14-11-15(2)24-22(23-14)28-19-9-7-18(8-10-19)25-21(26)17-12-16-5-3-4-6-20(16)27-13-17/h3-12H,13H2,1-2H3,(H,25,26). The Labute approximate surface area is 167 Å². The van der Waals surface area contributed by atoms with E-state index in [0.717, 1.165) is 38.4 Å². The summed E-state index contributed by atoms with van der Waals surface area (Å²) >= 11 is 1.50. The zero-order valence-electron chi connectivity index (χ0n) is 15.6. The lowest BCUT2D eigenvalue weighted by atomic mass is 10.1. The van der Waals surface area contributed by atoms with E-state index in [1.165, 1.54) is 11.8 Å². The molecule has 1 aliphatic rings. The highest BCUT2D eigenvalue weighted by Gasteiger charge is 2.17. The number of carbonyl (C=O) groups excluding carboxylic acids is 1. The number of ether oxygens (including phenoxy) is 1. The summed E-state index contributed by atoms with van der Waals surface area (Å²) in [5, 5.41) is 3.64. The molecule has 28 heavy (non-hydrogen) atoms. The molecule has 1 amide bonds. The highest BCUT2D eigenvalue weighted by molar-refractivity contribution is 7.99. The number of carbonyl (C=O) groups is 1. The summed E-state index contributed by atoms with van der Waals surface area (Å²) in [5.74, 6) is 0.640. The van der Waals surface area contributed by atoms with Crippen LogP contribution in [0.5, 0.6) is 5.75 Å². The maximum atomic E-state index is 12.5. The van der Waals surface area contributed by atoms with E-state index in [1.54, 1.807) is 0 Å². The third kappa shape index (κ3) is 4.23. The van der Waals surface area contributed by atoms with Crippen LogP contribution in [0.4, 0.5) is 5.69 Å². The Morgan fingerprint density at radius 3 is 2.50 bits per heavy atom. The van der Waals surface area contributed by atoms with Crippen molar-refractivity contribution in [2.75, 3.05) is 11.9 Å². The smallest absolute Gasteiger partial charge is 0.255 e. The van der Waals surface area contributed by atoms with Crippen LogP contribution >= 0.6 is 11.8 Å². The molecule has 5 nitrogen and oxygen atoms in total. The molecule has 1 aromatic heterocycles. The third-order valence-corrected chi connectivity index (χ3v) is 5.08. The molecule has 0 fully saturated rings. The highest BCUT2D eigenvalue weighted by Crippen LogP contribution is 2.28. The lowest BCUT2D eigenvalue weighted by molar-refractivity contribution is -0.113. The molecule has 140 valence electrons. The van der Waals surface area contributed by atoms with Gasteiger partial charge in [-0.25, -0.2) is 9.97 Å². The molecule has 1 aliphatic heterocycles. The molecule has 3 aromatic rings. The number of hydrogen-bond donors (Lipinski definition) is 1. The van der Waals surface area contributed by atoms with Crippen molar-refractivity contribution < 1.29 is 9.53 Å². The summed E-state index contributed by atoms with van der Waals surface area (Å²) in [5.41, 5.74) is 4.14. The first-order valence-electron chi connectivity index (χ1n) is 8.91. The average molecular weight is 389 g/mol. The third-order valence-electron chi connectivity index (χ3n) is 4.21. The topological polar surface area (TPSA) is 64.1 Å². The van der Waals surface area contributed by atoms with Crippen molar-refractivity contribution in [2.45, 2.75) is 23.9 Å². The van der Waals surface area contributed by atoms with Crippen LogP contribution in [-0.2, 0) is 4.79 Å². The second kappa shape index (κ2) is 7.86. The van der Waals surface area contributed by atoms with Crippen LogP contribution in [0.1, 0.15) is 17.0 Å². The van der Waals surface area contributed by atoms with Gasteiger partial charge < -0.3 is 10.1 Å². The lowest BCUT2D eigenvalue weighted by Crippen LogP contribution is -2.21. The maximum absolute atomic E-state index is 12.5. The molecule has 2 heterocycles. The van der Waals surface area contributed by atoms with Crippen molar-refractivity contribution in [3.63, 3.8) is 0 Å². The summed E-state index contributed by atoms with van der Waals surface area (Å²) in [6.07, 6.45) is 1.87. The Kier molecular flexibility index (Phi) is 5.12. The van der Waals surface area contributed by atoms with Crippen molar-refractivity contribution in [1.82, 2.24) is 9.97 Å². The molecule has 0 bridgehead atoms. The fraction of sp³-hybridized carbons (Fsp3) is 0.136. The predicted molar refractivity (Wildman–Crippen MR) is 111 cm³/mol. The molecule has 0 atom stereocenters. The summed E-state index contributed by atoms with van der Waals surface area (Å²) in [7, 11) is 0. The normalized spacial score (nSPS) is 12.6. The van der Waals surface area contributed by atoms with Crippen LogP contribution in [0.25, 0.3) is 6.08 Å². The van der Waals surface area contributed by atoms with E-state index >= 15 is 0 Å². The van der Waals surface area contributed by atoms with Gasteiger partial charge in [0, 0.05) is 27.5 Å². The van der Waals surface area contributed by atoms with Gasteiger partial charge in [0.15, 0.2) is 5.16 Å². The molecule has 0 saturated carbocycles. The fourth-order valence-electron chi connectivity index (χ4n) is 2.91. The second-order valence-corrected chi connectivity index (χ2v) is 7.55. The van der Waals surface area contributed by atoms with Gasteiger partial charge in [-0.1, -0.05) is 18.2 Å². The first-order valence-corrected chi connectivity index (χ1v) is 9.72. The van der Waals surface area contributed by atoms with Gasteiger partial charge in [0.2, 0.25) is 0 Å². The quantitative estimate of drug-likeness (QED) is 0.658. The SMILES string of the molecule is Cc1cc(C)nc(Sc2ccc(NC(=O)C3=Cc4ccccc4OC3)cc2)n1. The molecule has 1 N–H and O–H groups in total. The predicted octanol–water partition coefficient (Wildman–Crippen LogP) is 4.66. The molecular weight excluding hydrogens is 370 g/mol. The van der Waals surface area contributed by atoms with E-state index in [9.17, 15) is 4.79 Å². The molecule has 0 spiro atoms. The largest absolute Gasteiger partial charge is 0.488 e. The van der Waals surface area contributed by atoms with Gasteiger partial charge >= 0.3 is 0 Å². The van der Waals surface area contributed by atoms with Crippen molar-refractivity contribution in [3.8, 4) is 5.75 Å². The number of para-hydroxylation sites is 1. The van der Waals surface area contributed by atoms with Crippen LogP contribution in [-0.4, -0.2) is 22.5 Å². The Bertz CT molecular complexity index is 1040. The van der Waals surface area contributed by atoms with Gasteiger partial charge in [0.1, 0.15) is 12.4 Å². The molecule has 0 aliphatic carbocycles. The second-order valence-electron chi connectivity index (χ2n) is 6.51. The molecule has 4 rings (SSSR count). The Hall–Kier alpha value is -3.12. The molecular formula is C22H19N3O2S. The number of hydrogen-bond acceptors (Lipinski definition) is 5. The number of benzene rings is 2. The van der Waals surface area contributed by atoms with E-state index in [2.05, 4.69) is 15.3 Å². The summed E-state index contributed by atoms with van der Waals surface area (Å²) in [6.45, 7) is 4.18. The van der Waals surface area contributed by atoms with E-state index in [0.29, 0.717) is 5.57 Å². The van der Waals surface area contributed by atoms with Gasteiger partial charge in [0.25, 0.3) is 5.91 Å². The number of amides is 1. The number of nitrogens with zero attached hydrogens (tertiary/aromatic N) is 2. The van der Waals surface area contributed by atoms with Crippen molar-refractivity contribution in [1.29, 1.82) is 0 Å². The summed E-state index contributed by atoms with van der Waals surface area (Å²) < 4.78 is 5.65. The summed E-state index contributed by atoms with van der Waals surface area (Å²) in [6, 6.07) is 17.3. The number of anilines is 1. The van der Waals surface area contributed by atoms with E-state index in [4.69, 9.17) is 4.74 Å². The molecule has 6 heteroatoms. The first-order chi connectivity index (χ1) is 13.6. The summed E-state index contributed by atoms with van der Waals surface area (Å²) in [4.78, 5) is 22.4. The maximum Gasteiger partial charge on any atom is 0.255 e. The minimum Gasteiger partial charge on any atom is -0.488 e. The minimum absolute atomic E-state index is 0.160. The Balaban J connectivity index is 1.43. The molecule has 0 radical (unpaired) electrons. The van der Waals surface area contributed by atoms with Gasteiger partial charge in [-0.2, -0.15) is 0 Å². The van der Waals surface area contributed by atoms with Crippen molar-refractivity contribution >= 4 is 29.4 Å². The van der Waals surface area contributed by atoms with Crippen LogP contribution < -0.4 is 10.1 Å². The number of aromatic nitrogens is 2. The first kappa shape index (κ1) is 18.3. The molecule has 0 saturated heterocycles. The van der Waals surface area contributed by atoms with Crippen LogP contribution in [0, 0.1) is 13.8 Å². The Morgan fingerprint density at radius 1 is 1.04 bits per heavy atom. The number of rotatable bonds is 4. The van der Waals surface area contributed by atoms with Gasteiger partial charge in [-0.15, -0.1) is 0 Å². The fourth-order valence-corrected chi connectivity index (χ4v) is 3.77. The van der Waals surface area contributed by atoms with Gasteiger partial charge in [0.05, 0.1) is 5.57 Å². The zero-order chi connectivity index (χ0) is 19.5. The van der Waals surface area contributed by atoms with Crippen molar-refractivity contribution in [3.05, 3.63) is 77.1 Å².